The summed E-state index contributed by atoms with van der Waals surface area (Å²) >= 11 is 0. The van der Waals surface area contributed by atoms with Gasteiger partial charge in [-0.3, -0.25) is 0 Å². The molecule has 25 heavy (non-hydrogen) atoms. The first-order chi connectivity index (χ1) is 11.4. The fourth-order valence-electron chi connectivity index (χ4n) is 3.15. The molecule has 0 heterocycles. The smallest absolute Gasteiger partial charge is 0.0945 e. The van der Waals surface area contributed by atoms with Crippen LogP contribution in [-0.4, -0.2) is 50.4 Å². The minimum absolute atomic E-state index is 0.237. The molecular weight excluding hydrogens is 334 g/mol. The third kappa shape index (κ3) is 16.6. The molecule has 0 aromatic heterocycles. The molecule has 0 aliphatic heterocycles. The van der Waals surface area contributed by atoms with Crippen molar-refractivity contribution in [3.63, 3.8) is 0 Å². The summed E-state index contributed by atoms with van der Waals surface area (Å²) in [5, 5.41) is 0. The van der Waals surface area contributed by atoms with Crippen molar-refractivity contribution in [1.82, 2.24) is 0 Å². The second-order valence-corrected chi connectivity index (χ2v) is 9.89. The van der Waals surface area contributed by atoms with E-state index in [0.29, 0.717) is 12.3 Å². The zero-order valence-corrected chi connectivity index (χ0v) is 18.0. The number of nitrogens with zero attached hydrogens (tertiary/aromatic N) is 1. The SMILES string of the molecule is CC(C)=CCC/C(C)=C/CCC(C)C[N+](C)(C)CCCCS(=O)(=O)[O-]. The van der Waals surface area contributed by atoms with E-state index < -0.39 is 10.1 Å². The predicted molar refractivity (Wildman–Crippen MR) is 106 cm³/mol. The molecule has 0 aliphatic rings. The second-order valence-electron chi connectivity index (χ2n) is 8.36. The minimum Gasteiger partial charge on any atom is -0.748 e. The standard InChI is InChI=1S/C20H39NO3S/c1-18(2)11-9-12-19(3)13-10-14-20(4)17-21(5,6)15-7-8-16-25(22,23)24/h11,13,20H,7-10,12,14-17H2,1-6H3/b19-13+. The van der Waals surface area contributed by atoms with Gasteiger partial charge in [0.25, 0.3) is 0 Å². The van der Waals surface area contributed by atoms with Crippen molar-refractivity contribution in [3.8, 4) is 0 Å². The van der Waals surface area contributed by atoms with E-state index in [4.69, 9.17) is 0 Å². The van der Waals surface area contributed by atoms with Crippen LogP contribution in [0.25, 0.3) is 0 Å². The molecule has 5 heteroatoms. The maximum atomic E-state index is 10.6. The van der Waals surface area contributed by atoms with Crippen molar-refractivity contribution in [2.45, 2.75) is 66.2 Å². The third-order valence-corrected chi connectivity index (χ3v) is 5.25. The number of hydrogen-bond acceptors (Lipinski definition) is 3. The molecule has 0 radical (unpaired) electrons. The summed E-state index contributed by atoms with van der Waals surface area (Å²) in [6.07, 6.45) is 10.5. The van der Waals surface area contributed by atoms with E-state index in [1.807, 2.05) is 0 Å². The van der Waals surface area contributed by atoms with Gasteiger partial charge in [0, 0.05) is 11.7 Å². The van der Waals surface area contributed by atoms with E-state index in [1.165, 1.54) is 17.6 Å². The van der Waals surface area contributed by atoms with E-state index in [1.54, 1.807) is 0 Å². The maximum Gasteiger partial charge on any atom is 0.0945 e. The van der Waals surface area contributed by atoms with Gasteiger partial charge in [-0.05, 0) is 59.3 Å². The van der Waals surface area contributed by atoms with E-state index in [-0.39, 0.29) is 5.75 Å². The molecule has 0 fully saturated rings. The van der Waals surface area contributed by atoms with Crippen LogP contribution in [-0.2, 0) is 10.1 Å². The van der Waals surface area contributed by atoms with Crippen molar-refractivity contribution >= 4 is 10.1 Å². The predicted octanol–water partition coefficient (Wildman–Crippen LogP) is 4.50. The summed E-state index contributed by atoms with van der Waals surface area (Å²) < 4.78 is 32.8. The lowest BCUT2D eigenvalue weighted by atomic mass is 10.0. The highest BCUT2D eigenvalue weighted by Crippen LogP contribution is 2.15. The van der Waals surface area contributed by atoms with Crippen LogP contribution in [0.5, 0.6) is 0 Å². The van der Waals surface area contributed by atoms with Gasteiger partial charge in [-0.25, -0.2) is 8.42 Å². The van der Waals surface area contributed by atoms with Gasteiger partial charge in [-0.1, -0.05) is 30.2 Å². The summed E-state index contributed by atoms with van der Waals surface area (Å²) in [6, 6.07) is 0. The summed E-state index contributed by atoms with van der Waals surface area (Å²) in [5.74, 6) is 0.388. The Morgan fingerprint density at radius 3 is 2.28 bits per heavy atom. The number of unbranched alkanes of at least 4 members (excludes halogenated alkanes) is 1. The van der Waals surface area contributed by atoms with Crippen molar-refractivity contribution in [3.05, 3.63) is 23.3 Å². The Labute approximate surface area is 156 Å². The molecule has 148 valence electrons. The van der Waals surface area contributed by atoms with Crippen LogP contribution in [0.1, 0.15) is 66.2 Å². The molecule has 0 saturated carbocycles. The number of quaternary nitrogens is 1. The lowest BCUT2D eigenvalue weighted by molar-refractivity contribution is -0.893. The molecule has 4 nitrogen and oxygen atoms in total. The van der Waals surface area contributed by atoms with Crippen molar-refractivity contribution in [2.75, 3.05) is 32.9 Å². The van der Waals surface area contributed by atoms with Crippen LogP contribution < -0.4 is 0 Å². The zero-order valence-electron chi connectivity index (χ0n) is 17.2. The first-order valence-corrected chi connectivity index (χ1v) is 11.0. The number of allylic oxidation sites excluding steroid dienone is 4. The molecule has 0 N–H and O–H groups in total. The van der Waals surface area contributed by atoms with E-state index in [0.717, 1.165) is 43.3 Å². The van der Waals surface area contributed by atoms with Gasteiger partial charge < -0.3 is 9.04 Å². The first-order valence-electron chi connectivity index (χ1n) is 9.46. The Balaban J connectivity index is 4.05. The lowest BCUT2D eigenvalue weighted by Gasteiger charge is -2.32. The largest absolute Gasteiger partial charge is 0.748 e. The topological polar surface area (TPSA) is 57.2 Å². The van der Waals surface area contributed by atoms with Gasteiger partial charge in [0.15, 0.2) is 0 Å². The van der Waals surface area contributed by atoms with Gasteiger partial charge in [-0.2, -0.15) is 0 Å². The van der Waals surface area contributed by atoms with E-state index in [2.05, 4.69) is 53.9 Å². The molecule has 0 spiro atoms. The molecule has 1 unspecified atom stereocenters. The van der Waals surface area contributed by atoms with Crippen LogP contribution >= 0.6 is 0 Å². The monoisotopic (exact) mass is 373 g/mol. The molecule has 0 bridgehead atoms. The fraction of sp³-hybridized carbons (Fsp3) is 0.800. The molecule has 1 atom stereocenters. The molecule has 0 aromatic carbocycles. The molecular formula is C20H39NO3S. The molecule has 0 rings (SSSR count). The maximum absolute atomic E-state index is 10.6. The van der Waals surface area contributed by atoms with Crippen molar-refractivity contribution in [2.24, 2.45) is 5.92 Å². The quantitative estimate of drug-likeness (QED) is 0.207. The summed E-state index contributed by atoms with van der Waals surface area (Å²) in [4.78, 5) is 0. The highest BCUT2D eigenvalue weighted by Gasteiger charge is 2.18. The molecule has 0 saturated heterocycles. The van der Waals surface area contributed by atoms with Crippen LogP contribution in [0.15, 0.2) is 23.3 Å². The normalized spacial score (nSPS) is 14.4. The van der Waals surface area contributed by atoms with Gasteiger partial charge >= 0.3 is 0 Å². The van der Waals surface area contributed by atoms with E-state index in [9.17, 15) is 13.0 Å². The number of hydrogen-bond donors (Lipinski definition) is 0. The average Bonchev–Trinajstić information content (AvgIpc) is 2.41. The summed E-state index contributed by atoms with van der Waals surface area (Å²) in [7, 11) is 0.303. The second kappa shape index (κ2) is 11.9. The van der Waals surface area contributed by atoms with Crippen molar-refractivity contribution in [1.29, 1.82) is 0 Å². The highest BCUT2D eigenvalue weighted by molar-refractivity contribution is 7.85. The Kier molecular flexibility index (Phi) is 11.6. The van der Waals surface area contributed by atoms with Crippen LogP contribution in [0.2, 0.25) is 0 Å². The first kappa shape index (κ1) is 24.4. The van der Waals surface area contributed by atoms with Crippen LogP contribution in [0, 0.1) is 5.92 Å². The molecule has 0 aromatic rings. The zero-order chi connectivity index (χ0) is 19.5. The Morgan fingerprint density at radius 2 is 1.72 bits per heavy atom. The van der Waals surface area contributed by atoms with Crippen molar-refractivity contribution < 1.29 is 17.5 Å². The Hall–Kier alpha value is -0.650. The van der Waals surface area contributed by atoms with Gasteiger partial charge in [0.2, 0.25) is 0 Å². The minimum atomic E-state index is -4.06. The van der Waals surface area contributed by atoms with Gasteiger partial charge in [0.1, 0.15) is 0 Å². The third-order valence-electron chi connectivity index (χ3n) is 4.46. The summed E-state index contributed by atoms with van der Waals surface area (Å²) in [5.41, 5.74) is 2.85. The Bertz CT molecular complexity index is 529. The fourth-order valence-corrected chi connectivity index (χ4v) is 3.71. The van der Waals surface area contributed by atoms with Crippen LogP contribution in [0.4, 0.5) is 0 Å². The lowest BCUT2D eigenvalue weighted by Crippen LogP contribution is -2.43. The van der Waals surface area contributed by atoms with Crippen LogP contribution in [0.3, 0.4) is 0 Å². The number of rotatable bonds is 13. The molecule has 0 aliphatic carbocycles. The average molecular weight is 374 g/mol. The Morgan fingerprint density at radius 1 is 1.08 bits per heavy atom. The molecule has 0 amide bonds. The highest BCUT2D eigenvalue weighted by atomic mass is 32.2. The van der Waals surface area contributed by atoms with E-state index >= 15 is 0 Å². The summed E-state index contributed by atoms with van der Waals surface area (Å²) in [6.45, 7) is 10.8. The van der Waals surface area contributed by atoms with Gasteiger partial charge in [-0.15, -0.1) is 0 Å². The van der Waals surface area contributed by atoms with Gasteiger partial charge in [0.05, 0.1) is 37.3 Å².